The Morgan fingerprint density at radius 1 is 1.15 bits per heavy atom. The van der Waals surface area contributed by atoms with E-state index in [-0.39, 0.29) is 18.0 Å². The number of carbonyl (C=O) groups excluding carboxylic acids is 1. The van der Waals surface area contributed by atoms with Crippen molar-refractivity contribution in [3.8, 4) is 0 Å². The van der Waals surface area contributed by atoms with Crippen LogP contribution < -0.4 is 10.6 Å². The lowest BCUT2D eigenvalue weighted by Gasteiger charge is -2.41. The van der Waals surface area contributed by atoms with Crippen LogP contribution in [0, 0.1) is 6.92 Å². The molecule has 1 saturated heterocycles. The van der Waals surface area contributed by atoms with Crippen LogP contribution in [0.15, 0.2) is 71.7 Å². The molecule has 2 aromatic carbocycles. The van der Waals surface area contributed by atoms with E-state index in [1.54, 1.807) is 0 Å². The van der Waals surface area contributed by atoms with Crippen molar-refractivity contribution in [1.82, 2.24) is 24.8 Å². The molecular weight excluding hydrogens is 576 g/mol. The normalized spacial score (nSPS) is 19.2. The summed E-state index contributed by atoms with van der Waals surface area (Å²) in [4.78, 5) is 25.4. The van der Waals surface area contributed by atoms with Crippen LogP contribution in [0.2, 0.25) is 5.02 Å². The molecule has 39 heavy (non-hydrogen) atoms. The zero-order valence-electron chi connectivity index (χ0n) is 21.7. The maximum Gasteiger partial charge on any atom is 0.243 e. The van der Waals surface area contributed by atoms with E-state index in [4.69, 9.17) is 16.6 Å². The fraction of sp³-hybridized carbons (Fsp3) is 0.300. The maximum atomic E-state index is 13.9. The second kappa shape index (κ2) is 11.2. The van der Waals surface area contributed by atoms with E-state index >= 15 is 0 Å². The number of benzene rings is 2. The van der Waals surface area contributed by atoms with E-state index < -0.39 is 0 Å². The Kier molecular flexibility index (Phi) is 7.53. The molecule has 3 heterocycles. The summed E-state index contributed by atoms with van der Waals surface area (Å²) < 4.78 is 3.01. The van der Waals surface area contributed by atoms with Gasteiger partial charge in [-0.2, -0.15) is 0 Å². The molecule has 2 aliphatic rings. The fourth-order valence-electron chi connectivity index (χ4n) is 5.76. The summed E-state index contributed by atoms with van der Waals surface area (Å²) in [6.45, 7) is 4.76. The van der Waals surface area contributed by atoms with Crippen molar-refractivity contribution in [3.05, 3.63) is 110 Å². The number of hydrogen-bond donors (Lipinski definition) is 2. The van der Waals surface area contributed by atoms with Crippen LogP contribution in [-0.2, 0) is 24.2 Å². The number of amides is 1. The van der Waals surface area contributed by atoms with Gasteiger partial charge >= 0.3 is 0 Å². The monoisotopic (exact) mass is 604 g/mol. The van der Waals surface area contributed by atoms with Crippen LogP contribution in [0.3, 0.4) is 0 Å². The number of nitrogens with zero attached hydrogens (tertiary/aromatic N) is 4. The highest BCUT2D eigenvalue weighted by Gasteiger charge is 2.38. The molecule has 2 aromatic heterocycles. The van der Waals surface area contributed by atoms with Gasteiger partial charge in [0.1, 0.15) is 6.04 Å². The second-order valence-electron chi connectivity index (χ2n) is 10.3. The number of piperazine rings is 1. The summed E-state index contributed by atoms with van der Waals surface area (Å²) in [5, 5.41) is 7.37. The molecule has 200 valence electrons. The Labute approximate surface area is 241 Å². The number of hydrogen-bond acceptors (Lipinski definition) is 5. The Bertz CT molecular complexity index is 1470. The Hall–Kier alpha value is -3.04. The van der Waals surface area contributed by atoms with Gasteiger partial charge in [0.05, 0.1) is 23.8 Å². The largest absolute Gasteiger partial charge is 0.333 e. The number of nitrogens with one attached hydrogen (secondary N) is 2. The molecule has 0 spiro atoms. The third-order valence-electron chi connectivity index (χ3n) is 7.53. The van der Waals surface area contributed by atoms with Gasteiger partial charge in [-0.15, -0.1) is 0 Å². The average molecular weight is 606 g/mol. The number of rotatable bonds is 5. The highest BCUT2D eigenvalue weighted by molar-refractivity contribution is 9.10. The van der Waals surface area contributed by atoms with Crippen LogP contribution in [0.4, 0.5) is 5.69 Å². The van der Waals surface area contributed by atoms with Gasteiger partial charge in [0.25, 0.3) is 0 Å². The van der Waals surface area contributed by atoms with Crippen molar-refractivity contribution in [2.24, 2.45) is 0 Å². The summed E-state index contributed by atoms with van der Waals surface area (Å²) in [6.07, 6.45) is 7.45. The van der Waals surface area contributed by atoms with E-state index in [9.17, 15) is 4.79 Å². The third-order valence-corrected chi connectivity index (χ3v) is 8.20. The standard InChI is InChI=1S/C30H30BrClN6O/c1-19-16-37(18-35-19)17-20-3-2-4-25(11-20)36-30(39)27-15-33-9-10-38(27)29-26-8-7-24(32)13-21(26)5-6-22-12-23(31)14-34-28(22)29/h2-4,7-8,11-14,16,18,27,29,33H,5-6,9-10,15,17H2,1H3,(H,36,39)/t27-,29?/m1/s1. The van der Waals surface area contributed by atoms with Gasteiger partial charge in [0.2, 0.25) is 5.91 Å². The molecule has 1 aliphatic heterocycles. The second-order valence-corrected chi connectivity index (χ2v) is 11.6. The van der Waals surface area contributed by atoms with E-state index in [0.717, 1.165) is 58.1 Å². The summed E-state index contributed by atoms with van der Waals surface area (Å²) in [6, 6.07) is 15.8. The van der Waals surface area contributed by atoms with Crippen LogP contribution >= 0.6 is 27.5 Å². The lowest BCUT2D eigenvalue weighted by Crippen LogP contribution is -2.57. The quantitative estimate of drug-likeness (QED) is 0.329. The molecule has 0 saturated carbocycles. The molecule has 1 fully saturated rings. The predicted molar refractivity (Wildman–Crippen MR) is 157 cm³/mol. The Morgan fingerprint density at radius 3 is 2.87 bits per heavy atom. The summed E-state index contributed by atoms with van der Waals surface area (Å²) in [5.41, 5.74) is 7.46. The van der Waals surface area contributed by atoms with Gasteiger partial charge < -0.3 is 15.2 Å². The molecule has 0 radical (unpaired) electrons. The number of pyridine rings is 1. The Balaban J connectivity index is 1.31. The molecule has 1 amide bonds. The fourth-order valence-corrected chi connectivity index (χ4v) is 6.34. The van der Waals surface area contributed by atoms with Crippen LogP contribution in [-0.4, -0.2) is 51.0 Å². The average Bonchev–Trinajstić information content (AvgIpc) is 3.26. The molecular formula is C30H30BrClN6O. The van der Waals surface area contributed by atoms with Crippen molar-refractivity contribution >= 4 is 39.1 Å². The molecule has 9 heteroatoms. The van der Waals surface area contributed by atoms with Crippen LogP contribution in [0.1, 0.15) is 39.7 Å². The number of halogens is 2. The predicted octanol–water partition coefficient (Wildman–Crippen LogP) is 5.15. The summed E-state index contributed by atoms with van der Waals surface area (Å²) in [7, 11) is 0. The van der Waals surface area contributed by atoms with Gasteiger partial charge in [-0.3, -0.25) is 14.7 Å². The smallest absolute Gasteiger partial charge is 0.243 e. The maximum absolute atomic E-state index is 13.9. The molecule has 2 atom stereocenters. The topological polar surface area (TPSA) is 75.1 Å². The van der Waals surface area contributed by atoms with Gasteiger partial charge in [-0.05, 0) is 88.3 Å². The van der Waals surface area contributed by atoms with Crippen molar-refractivity contribution in [2.75, 3.05) is 25.0 Å². The Morgan fingerprint density at radius 2 is 2.03 bits per heavy atom. The zero-order chi connectivity index (χ0) is 26.9. The molecule has 1 unspecified atom stereocenters. The first kappa shape index (κ1) is 26.2. The molecule has 2 N–H and O–H groups in total. The van der Waals surface area contributed by atoms with Crippen LogP contribution in [0.25, 0.3) is 0 Å². The molecule has 7 nitrogen and oxygen atoms in total. The van der Waals surface area contributed by atoms with Gasteiger partial charge in [0.15, 0.2) is 0 Å². The first-order chi connectivity index (χ1) is 18.9. The number of anilines is 1. The number of imidazole rings is 1. The van der Waals surface area contributed by atoms with Crippen molar-refractivity contribution in [1.29, 1.82) is 0 Å². The highest BCUT2D eigenvalue weighted by Crippen LogP contribution is 2.39. The van der Waals surface area contributed by atoms with E-state index in [1.165, 1.54) is 16.7 Å². The number of aromatic nitrogens is 3. The van der Waals surface area contributed by atoms with Crippen molar-refractivity contribution in [3.63, 3.8) is 0 Å². The van der Waals surface area contributed by atoms with E-state index in [1.807, 2.05) is 54.5 Å². The molecule has 6 rings (SSSR count). The summed E-state index contributed by atoms with van der Waals surface area (Å²) in [5.74, 6) is -0.0313. The lowest BCUT2D eigenvalue weighted by atomic mass is 9.94. The van der Waals surface area contributed by atoms with Crippen molar-refractivity contribution < 1.29 is 4.79 Å². The van der Waals surface area contributed by atoms with Gasteiger partial charge in [0, 0.05) is 53.8 Å². The lowest BCUT2D eigenvalue weighted by molar-refractivity contribution is -0.122. The van der Waals surface area contributed by atoms with Crippen LogP contribution in [0.5, 0.6) is 0 Å². The molecule has 1 aliphatic carbocycles. The number of fused-ring (bicyclic) bond motifs is 2. The highest BCUT2D eigenvalue weighted by atomic mass is 79.9. The molecule has 4 aromatic rings. The summed E-state index contributed by atoms with van der Waals surface area (Å²) >= 11 is 10.0. The molecule has 0 bridgehead atoms. The SMILES string of the molecule is Cc1cn(Cc2cccc(NC(=O)[C@H]3CNCCN3C3c4ccc(Cl)cc4CCc4cc(Br)cnc43)c2)cn1. The number of carbonyl (C=O) groups is 1. The van der Waals surface area contributed by atoms with Gasteiger partial charge in [-0.1, -0.05) is 29.8 Å². The minimum absolute atomic E-state index is 0.0313. The minimum Gasteiger partial charge on any atom is -0.333 e. The number of aryl methyl sites for hydroxylation is 3. The van der Waals surface area contributed by atoms with E-state index in [0.29, 0.717) is 13.1 Å². The first-order valence-corrected chi connectivity index (χ1v) is 14.4. The first-order valence-electron chi connectivity index (χ1n) is 13.2. The van der Waals surface area contributed by atoms with Crippen molar-refractivity contribution in [2.45, 2.75) is 38.4 Å². The zero-order valence-corrected chi connectivity index (χ0v) is 24.0. The van der Waals surface area contributed by atoms with E-state index in [2.05, 4.69) is 60.7 Å². The third kappa shape index (κ3) is 5.65. The minimum atomic E-state index is -0.372. The van der Waals surface area contributed by atoms with Gasteiger partial charge in [-0.25, -0.2) is 4.98 Å².